The van der Waals surface area contributed by atoms with Crippen LogP contribution in [0.1, 0.15) is 25.0 Å². The van der Waals surface area contributed by atoms with Gasteiger partial charge in [-0.05, 0) is 31.7 Å². The molecule has 26 heavy (non-hydrogen) atoms. The van der Waals surface area contributed by atoms with Crippen molar-refractivity contribution in [1.29, 1.82) is 0 Å². The molecule has 2 rings (SSSR count). The first-order valence-corrected chi connectivity index (χ1v) is 8.97. The molecule has 0 radical (unpaired) electrons. The van der Waals surface area contributed by atoms with Crippen molar-refractivity contribution in [3.8, 4) is 0 Å². The van der Waals surface area contributed by atoms with E-state index in [4.69, 9.17) is 4.74 Å². The number of hydrogen-bond donors (Lipinski definition) is 0. The van der Waals surface area contributed by atoms with Gasteiger partial charge in [-0.15, -0.1) is 0 Å². The Kier molecular flexibility index (Phi) is 7.32. The summed E-state index contributed by atoms with van der Waals surface area (Å²) in [7, 11) is 3.41. The molecule has 1 aliphatic heterocycles. The van der Waals surface area contributed by atoms with E-state index in [2.05, 4.69) is 5.10 Å². The Morgan fingerprint density at radius 3 is 2.58 bits per heavy atom. The highest BCUT2D eigenvalue weighted by Crippen LogP contribution is 2.18. The molecule has 1 aliphatic rings. The lowest BCUT2D eigenvalue weighted by Gasteiger charge is -2.23. The molecule has 8 nitrogen and oxygen atoms in total. The van der Waals surface area contributed by atoms with Crippen LogP contribution >= 0.6 is 0 Å². The van der Waals surface area contributed by atoms with Gasteiger partial charge in [-0.3, -0.25) is 14.4 Å². The van der Waals surface area contributed by atoms with E-state index < -0.39 is 0 Å². The molecule has 1 fully saturated rings. The second-order valence-corrected chi connectivity index (χ2v) is 6.87. The standard InChI is InChI=1S/C18H28N4O4/c1-14-4-6-17(24)22(19-14)12-18(25)21(3)10-9-20(2)16(23)7-5-15-8-11-26-13-15/h4,6,15H,5,7-13H2,1-3H3. The minimum atomic E-state index is -0.305. The maximum atomic E-state index is 12.3. The SMILES string of the molecule is Cc1ccc(=O)n(CC(=O)N(C)CCN(C)C(=O)CCC2CCOC2)n1. The molecule has 0 spiro atoms. The zero-order chi connectivity index (χ0) is 19.1. The van der Waals surface area contributed by atoms with E-state index in [1.54, 1.807) is 32.0 Å². The molecule has 2 amide bonds. The van der Waals surface area contributed by atoms with Crippen molar-refractivity contribution in [2.75, 3.05) is 40.4 Å². The number of amides is 2. The summed E-state index contributed by atoms with van der Waals surface area (Å²) < 4.78 is 6.48. The zero-order valence-electron chi connectivity index (χ0n) is 15.8. The summed E-state index contributed by atoms with van der Waals surface area (Å²) in [5.41, 5.74) is 0.374. The Bertz CT molecular complexity index is 682. The van der Waals surface area contributed by atoms with Crippen molar-refractivity contribution >= 4 is 11.8 Å². The fourth-order valence-corrected chi connectivity index (χ4v) is 2.79. The predicted octanol–water partition coefficient (Wildman–Crippen LogP) is 0.285. The Labute approximate surface area is 153 Å². The van der Waals surface area contributed by atoms with Crippen molar-refractivity contribution in [1.82, 2.24) is 19.6 Å². The number of aromatic nitrogens is 2. The fourth-order valence-electron chi connectivity index (χ4n) is 2.79. The summed E-state index contributed by atoms with van der Waals surface area (Å²) in [6, 6.07) is 3.02. The summed E-state index contributed by atoms with van der Waals surface area (Å²) in [6.45, 7) is 4.08. The number of likely N-dealkylation sites (N-methyl/N-ethyl adjacent to an activating group) is 2. The van der Waals surface area contributed by atoms with Gasteiger partial charge < -0.3 is 14.5 Å². The Balaban J connectivity index is 1.74. The number of carbonyl (C=O) groups is 2. The van der Waals surface area contributed by atoms with Crippen molar-refractivity contribution in [2.24, 2.45) is 5.92 Å². The average molecular weight is 364 g/mol. The van der Waals surface area contributed by atoms with Crippen LogP contribution in [0.15, 0.2) is 16.9 Å². The lowest BCUT2D eigenvalue weighted by molar-refractivity contribution is -0.134. The number of hydrogen-bond acceptors (Lipinski definition) is 5. The largest absolute Gasteiger partial charge is 0.381 e. The van der Waals surface area contributed by atoms with Gasteiger partial charge in [-0.25, -0.2) is 4.68 Å². The molecule has 1 aromatic rings. The monoisotopic (exact) mass is 364 g/mol. The van der Waals surface area contributed by atoms with Gasteiger partial charge in [0.05, 0.1) is 5.69 Å². The summed E-state index contributed by atoms with van der Waals surface area (Å²) in [6.07, 6.45) is 2.38. The third-order valence-electron chi connectivity index (χ3n) is 4.70. The van der Waals surface area contributed by atoms with E-state index >= 15 is 0 Å². The molecule has 1 atom stereocenters. The summed E-state index contributed by atoms with van der Waals surface area (Å²) in [5.74, 6) is 0.347. The third-order valence-corrected chi connectivity index (χ3v) is 4.70. The zero-order valence-corrected chi connectivity index (χ0v) is 15.8. The highest BCUT2D eigenvalue weighted by atomic mass is 16.5. The maximum absolute atomic E-state index is 12.3. The fraction of sp³-hybridized carbons (Fsp3) is 0.667. The first-order chi connectivity index (χ1) is 12.4. The van der Waals surface area contributed by atoms with Crippen LogP contribution < -0.4 is 5.56 Å². The van der Waals surface area contributed by atoms with Gasteiger partial charge in [0, 0.05) is 52.9 Å². The minimum absolute atomic E-state index is 0.0781. The molecule has 0 bridgehead atoms. The van der Waals surface area contributed by atoms with E-state index in [9.17, 15) is 14.4 Å². The van der Waals surface area contributed by atoms with Gasteiger partial charge in [0.15, 0.2) is 0 Å². The van der Waals surface area contributed by atoms with Crippen LogP contribution in [0.25, 0.3) is 0 Å². The minimum Gasteiger partial charge on any atom is -0.381 e. The lowest BCUT2D eigenvalue weighted by atomic mass is 10.0. The van der Waals surface area contributed by atoms with E-state index in [0.717, 1.165) is 30.7 Å². The van der Waals surface area contributed by atoms with Gasteiger partial charge in [0.1, 0.15) is 6.54 Å². The summed E-state index contributed by atoms with van der Waals surface area (Å²) in [5, 5.41) is 4.06. The van der Waals surface area contributed by atoms with Crippen molar-refractivity contribution in [2.45, 2.75) is 32.7 Å². The number of rotatable bonds is 8. The smallest absolute Gasteiger partial charge is 0.267 e. The first-order valence-electron chi connectivity index (χ1n) is 8.97. The highest BCUT2D eigenvalue weighted by molar-refractivity contribution is 5.77. The second kappa shape index (κ2) is 9.47. The predicted molar refractivity (Wildman–Crippen MR) is 96.7 cm³/mol. The van der Waals surface area contributed by atoms with Crippen molar-refractivity contribution < 1.29 is 14.3 Å². The van der Waals surface area contributed by atoms with Crippen LogP contribution in [0.5, 0.6) is 0 Å². The van der Waals surface area contributed by atoms with Crippen LogP contribution in [0.4, 0.5) is 0 Å². The second-order valence-electron chi connectivity index (χ2n) is 6.87. The molecule has 0 aliphatic carbocycles. The van der Waals surface area contributed by atoms with Crippen LogP contribution in [0.3, 0.4) is 0 Å². The van der Waals surface area contributed by atoms with Gasteiger partial charge >= 0.3 is 0 Å². The third kappa shape index (κ3) is 5.94. The summed E-state index contributed by atoms with van der Waals surface area (Å²) in [4.78, 5) is 39.4. The maximum Gasteiger partial charge on any atom is 0.267 e. The van der Waals surface area contributed by atoms with Crippen molar-refractivity contribution in [3.05, 3.63) is 28.2 Å². The van der Waals surface area contributed by atoms with Crippen LogP contribution in [0.2, 0.25) is 0 Å². The summed E-state index contributed by atoms with van der Waals surface area (Å²) >= 11 is 0. The van der Waals surface area contributed by atoms with Gasteiger partial charge in [-0.1, -0.05) is 0 Å². The molecule has 8 heteroatoms. The molecule has 1 unspecified atom stereocenters. The lowest BCUT2D eigenvalue weighted by Crippen LogP contribution is -2.40. The molecule has 0 saturated carbocycles. The van der Waals surface area contributed by atoms with Crippen molar-refractivity contribution in [3.63, 3.8) is 0 Å². The first kappa shape index (κ1) is 20.1. The molecular formula is C18H28N4O4. The number of nitrogens with zero attached hydrogens (tertiary/aromatic N) is 4. The normalized spacial score (nSPS) is 16.5. The number of carbonyl (C=O) groups excluding carboxylic acids is 2. The molecular weight excluding hydrogens is 336 g/mol. The van der Waals surface area contributed by atoms with E-state index in [1.165, 1.54) is 11.0 Å². The Morgan fingerprint density at radius 1 is 1.23 bits per heavy atom. The molecule has 0 N–H and O–H groups in total. The molecule has 1 saturated heterocycles. The van der Waals surface area contributed by atoms with Crippen LogP contribution in [-0.2, 0) is 20.9 Å². The van der Waals surface area contributed by atoms with E-state index in [0.29, 0.717) is 31.1 Å². The molecule has 1 aromatic heterocycles. The number of ether oxygens (including phenoxy) is 1. The molecule has 144 valence electrons. The number of aryl methyl sites for hydroxylation is 1. The Morgan fingerprint density at radius 2 is 1.92 bits per heavy atom. The quantitative estimate of drug-likeness (QED) is 0.662. The Hall–Kier alpha value is -2.22. The highest BCUT2D eigenvalue weighted by Gasteiger charge is 2.19. The van der Waals surface area contributed by atoms with Crippen LogP contribution in [0, 0.1) is 12.8 Å². The average Bonchev–Trinajstić information content (AvgIpc) is 3.13. The van der Waals surface area contributed by atoms with Crippen LogP contribution in [-0.4, -0.2) is 71.8 Å². The van der Waals surface area contributed by atoms with Gasteiger partial charge in [0.2, 0.25) is 11.8 Å². The molecule has 0 aromatic carbocycles. The van der Waals surface area contributed by atoms with E-state index in [-0.39, 0.29) is 23.9 Å². The topological polar surface area (TPSA) is 84.7 Å². The molecule has 2 heterocycles. The van der Waals surface area contributed by atoms with Gasteiger partial charge in [-0.2, -0.15) is 5.10 Å². The van der Waals surface area contributed by atoms with E-state index in [1.807, 2.05) is 0 Å². The van der Waals surface area contributed by atoms with Gasteiger partial charge in [0.25, 0.3) is 5.56 Å².